The Morgan fingerprint density at radius 2 is 1.95 bits per heavy atom. The van der Waals surface area contributed by atoms with Crippen molar-refractivity contribution < 1.29 is 8.60 Å². The molecule has 2 heterocycles. The Hall–Kier alpha value is -3.58. The maximum absolute atomic E-state index is 15.1. The van der Waals surface area contributed by atoms with E-state index >= 15 is 4.39 Å². The molecule has 4 aromatic rings. The molecule has 2 unspecified atom stereocenters. The molecule has 2 aromatic carbocycles. The molecule has 0 radical (unpaired) electrons. The first-order chi connectivity index (χ1) is 21.0. The van der Waals surface area contributed by atoms with Gasteiger partial charge in [-0.3, -0.25) is 13.8 Å². The number of nitrogens with zero attached hydrogens (tertiary/aromatic N) is 3. The van der Waals surface area contributed by atoms with Crippen LogP contribution in [0.4, 0.5) is 4.39 Å². The van der Waals surface area contributed by atoms with Gasteiger partial charge in [0.2, 0.25) is 0 Å². The van der Waals surface area contributed by atoms with Crippen molar-refractivity contribution in [2.75, 3.05) is 19.3 Å². The topological polar surface area (TPSA) is 170 Å². The van der Waals surface area contributed by atoms with Crippen LogP contribution in [-0.2, 0) is 23.8 Å². The molecule has 10 nitrogen and oxygen atoms in total. The molecule has 0 amide bonds. The van der Waals surface area contributed by atoms with Gasteiger partial charge in [-0.1, -0.05) is 31.5 Å². The van der Waals surface area contributed by atoms with E-state index in [4.69, 9.17) is 28.8 Å². The lowest BCUT2D eigenvalue weighted by molar-refractivity contribution is 0.618. The Morgan fingerprint density at radius 1 is 1.20 bits per heavy atom. The van der Waals surface area contributed by atoms with Gasteiger partial charge < -0.3 is 27.5 Å². The Bertz CT molecular complexity index is 1680. The summed E-state index contributed by atoms with van der Waals surface area (Å²) in [6, 6.07) is 10.5. The summed E-state index contributed by atoms with van der Waals surface area (Å²) in [5.74, 6) is -0.493. The number of benzene rings is 2. The molecule has 0 spiro atoms. The maximum Gasteiger partial charge on any atom is 0.354 e. The fourth-order valence-corrected chi connectivity index (χ4v) is 5.72. The average molecular weight is 645 g/mol. The molecule has 0 aliphatic rings. The summed E-state index contributed by atoms with van der Waals surface area (Å²) in [7, 11) is -1.30. The second-order valence-electron chi connectivity index (χ2n) is 10.3. The summed E-state index contributed by atoms with van der Waals surface area (Å²) >= 11 is 6.23. The zero-order valence-electron chi connectivity index (χ0n) is 25.6. The molecule has 8 N–H and O–H groups in total. The fourth-order valence-electron chi connectivity index (χ4n) is 4.68. The number of halogens is 2. The second-order valence-corrected chi connectivity index (χ2v) is 12.0. The standard InChI is InChI=1S/C29H36ClFN8O2S.C2H6/c1-17(32)5-3-6-18-11-22(26(31)23(30)12-18)24-13-20-16-39(29(40)38-27(20)37-24)21-8-7-19(25(14-21)42(2)41)15-35-9-4-10-36-28(33)34;1-2/h7-8,11-14,16-17,35H,3-6,9-10,15,32H2,1-2H3,(H4,33,34,36)(H,37,38,40);1-2H3. The van der Waals surface area contributed by atoms with Crippen LogP contribution in [0.5, 0.6) is 0 Å². The predicted octanol–water partition coefficient (Wildman–Crippen LogP) is 4.36. The number of rotatable bonds is 13. The highest BCUT2D eigenvalue weighted by molar-refractivity contribution is 7.84. The molecule has 0 aliphatic carbocycles. The molecule has 44 heavy (non-hydrogen) atoms. The maximum atomic E-state index is 15.1. The number of aliphatic imine (C=N–C) groups is 1. The highest BCUT2D eigenvalue weighted by Crippen LogP contribution is 2.31. The van der Waals surface area contributed by atoms with E-state index in [-0.39, 0.29) is 17.0 Å². The van der Waals surface area contributed by atoms with E-state index in [1.165, 1.54) is 4.57 Å². The van der Waals surface area contributed by atoms with Gasteiger partial charge in [-0.15, -0.1) is 0 Å². The Labute approximate surface area is 264 Å². The van der Waals surface area contributed by atoms with E-state index in [9.17, 15) is 9.00 Å². The van der Waals surface area contributed by atoms with E-state index in [1.807, 2.05) is 26.8 Å². The third-order valence-corrected chi connectivity index (χ3v) is 8.05. The largest absolute Gasteiger partial charge is 0.370 e. The van der Waals surface area contributed by atoms with Crippen molar-refractivity contribution in [2.45, 2.75) is 63.9 Å². The summed E-state index contributed by atoms with van der Waals surface area (Å²) in [6.07, 6.45) is 6.38. The van der Waals surface area contributed by atoms with Crippen molar-refractivity contribution in [3.05, 3.63) is 75.0 Å². The minimum atomic E-state index is -1.30. The summed E-state index contributed by atoms with van der Waals surface area (Å²) < 4.78 is 29.1. The van der Waals surface area contributed by atoms with Crippen LogP contribution < -0.4 is 28.2 Å². The van der Waals surface area contributed by atoms with Gasteiger partial charge >= 0.3 is 5.69 Å². The van der Waals surface area contributed by atoms with Gasteiger partial charge in [0, 0.05) is 47.4 Å². The number of H-pyrrole nitrogens is 1. The van der Waals surface area contributed by atoms with Crippen LogP contribution in [0.2, 0.25) is 5.02 Å². The fraction of sp³-hybridized carbons (Fsp3) is 0.387. The monoisotopic (exact) mass is 644 g/mol. The van der Waals surface area contributed by atoms with Crippen molar-refractivity contribution in [1.82, 2.24) is 19.9 Å². The minimum absolute atomic E-state index is 0.0259. The van der Waals surface area contributed by atoms with Crippen LogP contribution in [0, 0.1) is 5.82 Å². The number of nitrogens with one attached hydrogen (secondary N) is 2. The first-order valence-electron chi connectivity index (χ1n) is 14.6. The lowest BCUT2D eigenvalue weighted by Crippen LogP contribution is -2.23. The van der Waals surface area contributed by atoms with Crippen molar-refractivity contribution in [2.24, 2.45) is 22.2 Å². The van der Waals surface area contributed by atoms with Crippen molar-refractivity contribution in [3.8, 4) is 16.9 Å². The molecule has 0 saturated heterocycles. The molecule has 0 aliphatic heterocycles. The number of hydrogen-bond donors (Lipinski definition) is 5. The number of guanidine groups is 1. The number of aromatic nitrogens is 3. The van der Waals surface area contributed by atoms with Gasteiger partial charge in [-0.25, -0.2) is 9.18 Å². The predicted molar refractivity (Wildman–Crippen MR) is 179 cm³/mol. The first kappa shape index (κ1) is 34.9. The molecule has 13 heteroatoms. The smallest absolute Gasteiger partial charge is 0.354 e. The van der Waals surface area contributed by atoms with Crippen LogP contribution >= 0.6 is 11.6 Å². The zero-order valence-corrected chi connectivity index (χ0v) is 27.2. The van der Waals surface area contributed by atoms with E-state index < -0.39 is 22.3 Å². The van der Waals surface area contributed by atoms with Gasteiger partial charge in [0.15, 0.2) is 11.8 Å². The highest BCUT2D eigenvalue weighted by Gasteiger charge is 2.16. The molecular weight excluding hydrogens is 603 g/mol. The van der Waals surface area contributed by atoms with Crippen molar-refractivity contribution in [3.63, 3.8) is 0 Å². The number of aromatic amines is 1. The summed E-state index contributed by atoms with van der Waals surface area (Å²) in [4.78, 5) is 24.8. The van der Waals surface area contributed by atoms with Gasteiger partial charge in [-0.2, -0.15) is 4.98 Å². The normalized spacial score (nSPS) is 12.4. The number of nitrogens with two attached hydrogens (primary N) is 3. The lowest BCUT2D eigenvalue weighted by Gasteiger charge is -2.12. The van der Waals surface area contributed by atoms with Crippen molar-refractivity contribution >= 4 is 39.4 Å². The van der Waals surface area contributed by atoms with Crippen LogP contribution in [-0.4, -0.2) is 50.1 Å². The van der Waals surface area contributed by atoms with Gasteiger partial charge in [-0.05, 0) is 80.6 Å². The number of fused-ring (bicyclic) bond motifs is 1. The molecule has 4 rings (SSSR count). The second kappa shape index (κ2) is 16.5. The third-order valence-electron chi connectivity index (χ3n) is 6.77. The molecule has 2 atom stereocenters. The Morgan fingerprint density at radius 3 is 2.64 bits per heavy atom. The molecular formula is C31H42ClFN8O2S. The van der Waals surface area contributed by atoms with E-state index in [0.29, 0.717) is 58.9 Å². The Balaban J connectivity index is 0.00000259. The minimum Gasteiger partial charge on any atom is -0.370 e. The van der Waals surface area contributed by atoms with Gasteiger partial charge in [0.05, 0.1) is 27.2 Å². The van der Waals surface area contributed by atoms with Crippen LogP contribution in [0.15, 0.2) is 57.3 Å². The van der Waals surface area contributed by atoms with Crippen LogP contribution in [0.3, 0.4) is 0 Å². The highest BCUT2D eigenvalue weighted by atomic mass is 35.5. The first-order valence-corrected chi connectivity index (χ1v) is 16.6. The van der Waals surface area contributed by atoms with E-state index in [1.54, 1.807) is 42.8 Å². The molecule has 0 bridgehead atoms. The molecule has 0 saturated carbocycles. The zero-order chi connectivity index (χ0) is 32.4. The molecule has 2 aromatic heterocycles. The third kappa shape index (κ3) is 9.21. The Kier molecular flexibility index (Phi) is 13.1. The van der Waals surface area contributed by atoms with E-state index in [0.717, 1.165) is 30.4 Å². The summed E-state index contributed by atoms with van der Waals surface area (Å²) in [5, 5.41) is 3.93. The summed E-state index contributed by atoms with van der Waals surface area (Å²) in [5.41, 5.74) is 19.4. The molecule has 0 fully saturated rings. The van der Waals surface area contributed by atoms with Crippen molar-refractivity contribution in [1.29, 1.82) is 0 Å². The van der Waals surface area contributed by atoms with Crippen LogP contribution in [0.1, 0.15) is 51.2 Å². The number of hydrogen-bond acceptors (Lipinski definition) is 6. The SMILES string of the molecule is CC.CC(N)CCCc1cc(Cl)c(F)c(-c2cc3cn(-c4ccc(CNCCCN=C(N)N)c(S(C)=O)c4)c(=O)nc3[nH]2)c1. The molecule has 238 valence electrons. The number of aryl methyl sites for hydroxylation is 1. The lowest BCUT2D eigenvalue weighted by atomic mass is 10.0. The quantitative estimate of drug-likeness (QED) is 0.0818. The van der Waals surface area contributed by atoms with Gasteiger partial charge in [0.1, 0.15) is 5.65 Å². The summed E-state index contributed by atoms with van der Waals surface area (Å²) in [6.45, 7) is 7.62. The van der Waals surface area contributed by atoms with E-state index in [2.05, 4.69) is 20.3 Å². The van der Waals surface area contributed by atoms with Gasteiger partial charge in [0.25, 0.3) is 0 Å². The average Bonchev–Trinajstić information content (AvgIpc) is 3.39. The van der Waals surface area contributed by atoms with Crippen LogP contribution in [0.25, 0.3) is 28.0 Å².